The average Bonchev–Trinajstić information content (AvgIpc) is 3.59. The highest BCUT2D eigenvalue weighted by atomic mass is 19.1. The summed E-state index contributed by atoms with van der Waals surface area (Å²) in [5.74, 6) is 0.802. The first kappa shape index (κ1) is 26.2. The van der Waals surface area contributed by atoms with E-state index in [0.717, 1.165) is 63.8 Å². The Morgan fingerprint density at radius 2 is 1.72 bits per heavy atom. The summed E-state index contributed by atoms with van der Waals surface area (Å²) < 4.78 is 18.5. The van der Waals surface area contributed by atoms with E-state index in [2.05, 4.69) is 24.4 Å². The van der Waals surface area contributed by atoms with Gasteiger partial charge in [0.1, 0.15) is 17.6 Å². The van der Waals surface area contributed by atoms with E-state index in [-0.39, 0.29) is 17.6 Å². The Labute approximate surface area is 214 Å². The van der Waals surface area contributed by atoms with Crippen LogP contribution in [-0.2, 0) is 4.79 Å². The number of hydrogen-bond acceptors (Lipinski definition) is 3. The van der Waals surface area contributed by atoms with Crippen molar-refractivity contribution in [2.24, 2.45) is 5.41 Å². The molecule has 1 N–H and O–H groups in total. The van der Waals surface area contributed by atoms with Gasteiger partial charge in [-0.15, -0.1) is 0 Å². The highest BCUT2D eigenvalue weighted by Crippen LogP contribution is 2.62. The Balaban J connectivity index is 1.27. The highest BCUT2D eigenvalue weighted by molar-refractivity contribution is 5.97. The second-order valence-corrected chi connectivity index (χ2v) is 10.7. The van der Waals surface area contributed by atoms with E-state index in [1.807, 2.05) is 17.0 Å². The van der Waals surface area contributed by atoms with Crippen LogP contribution in [0.15, 0.2) is 48.5 Å². The molecule has 194 valence electrons. The molecule has 4 rings (SSSR count). The number of nitrogens with zero attached hydrogens (tertiary/aromatic N) is 1. The molecule has 2 aromatic rings. The zero-order chi connectivity index (χ0) is 25.5. The Kier molecular flexibility index (Phi) is 8.65. The minimum atomic E-state index is -0.538. The van der Waals surface area contributed by atoms with E-state index in [1.165, 1.54) is 36.2 Å². The number of methoxy groups -OCH3 is 1. The number of rotatable bonds is 11. The number of likely N-dealkylation sites (tertiary alicyclic amines) is 1. The van der Waals surface area contributed by atoms with Crippen LogP contribution in [0.25, 0.3) is 0 Å². The number of carbonyl (C=O) groups is 2. The molecule has 0 bridgehead atoms. The van der Waals surface area contributed by atoms with Crippen LogP contribution < -0.4 is 10.1 Å². The standard InChI is InChI=1S/C30H39FN2O3/c1-30(21-26(30)22-12-16-25(36-2)17-13-22)18-6-3-5-9-27(29(35)33-19-7-4-8-20-33)32-28(34)23-10-14-24(31)15-11-23/h10-17,26-27H,3-9,18-21H2,1-2H3,(H,32,34)/t26-,27-,30?/m0/s1. The second-order valence-electron chi connectivity index (χ2n) is 10.7. The number of carbonyl (C=O) groups excluding carboxylic acids is 2. The molecule has 2 fully saturated rings. The van der Waals surface area contributed by atoms with E-state index < -0.39 is 6.04 Å². The maximum absolute atomic E-state index is 13.3. The molecular weight excluding hydrogens is 455 g/mol. The van der Waals surface area contributed by atoms with Crippen molar-refractivity contribution in [3.8, 4) is 5.75 Å². The molecule has 6 heteroatoms. The Morgan fingerprint density at radius 1 is 1.03 bits per heavy atom. The summed E-state index contributed by atoms with van der Waals surface area (Å²) in [5.41, 5.74) is 2.10. The molecule has 1 heterocycles. The molecule has 36 heavy (non-hydrogen) atoms. The second kappa shape index (κ2) is 11.9. The van der Waals surface area contributed by atoms with Gasteiger partial charge in [-0.3, -0.25) is 9.59 Å². The van der Waals surface area contributed by atoms with E-state index in [4.69, 9.17) is 4.74 Å². The topological polar surface area (TPSA) is 58.6 Å². The lowest BCUT2D eigenvalue weighted by molar-refractivity contribution is -0.134. The molecule has 5 nitrogen and oxygen atoms in total. The average molecular weight is 495 g/mol. The van der Waals surface area contributed by atoms with Crippen molar-refractivity contribution in [1.29, 1.82) is 0 Å². The largest absolute Gasteiger partial charge is 0.497 e. The molecule has 1 aliphatic carbocycles. The summed E-state index contributed by atoms with van der Waals surface area (Å²) in [6, 6.07) is 13.4. The summed E-state index contributed by atoms with van der Waals surface area (Å²) >= 11 is 0. The van der Waals surface area contributed by atoms with Crippen LogP contribution in [0.2, 0.25) is 0 Å². The van der Waals surface area contributed by atoms with Gasteiger partial charge in [0.15, 0.2) is 0 Å². The maximum Gasteiger partial charge on any atom is 0.251 e. The molecule has 2 aliphatic rings. The van der Waals surface area contributed by atoms with Crippen molar-refractivity contribution in [3.05, 3.63) is 65.5 Å². The van der Waals surface area contributed by atoms with Crippen molar-refractivity contribution in [2.45, 2.75) is 76.7 Å². The molecule has 2 aromatic carbocycles. The monoisotopic (exact) mass is 494 g/mol. The first-order valence-electron chi connectivity index (χ1n) is 13.4. The van der Waals surface area contributed by atoms with Crippen molar-refractivity contribution >= 4 is 11.8 Å². The van der Waals surface area contributed by atoms with Gasteiger partial charge in [0.25, 0.3) is 5.91 Å². The fraction of sp³-hybridized carbons (Fsp3) is 0.533. The van der Waals surface area contributed by atoms with Crippen LogP contribution in [0.1, 0.15) is 86.6 Å². The summed E-state index contributed by atoms with van der Waals surface area (Å²) in [6.07, 6.45) is 9.20. The van der Waals surface area contributed by atoms with Gasteiger partial charge < -0.3 is 15.0 Å². The Bertz CT molecular complexity index is 1020. The van der Waals surface area contributed by atoms with E-state index in [9.17, 15) is 14.0 Å². The maximum atomic E-state index is 13.3. The first-order chi connectivity index (χ1) is 17.4. The predicted molar refractivity (Wildman–Crippen MR) is 140 cm³/mol. The zero-order valence-corrected chi connectivity index (χ0v) is 21.6. The van der Waals surface area contributed by atoms with Crippen molar-refractivity contribution in [1.82, 2.24) is 10.2 Å². The molecule has 1 aliphatic heterocycles. The van der Waals surface area contributed by atoms with Crippen molar-refractivity contribution in [3.63, 3.8) is 0 Å². The smallest absolute Gasteiger partial charge is 0.251 e. The third-order valence-corrected chi connectivity index (χ3v) is 7.99. The minimum absolute atomic E-state index is 0.0129. The van der Waals surface area contributed by atoms with Gasteiger partial charge in [0.05, 0.1) is 7.11 Å². The number of nitrogens with one attached hydrogen (secondary N) is 1. The molecule has 3 atom stereocenters. The van der Waals surface area contributed by atoms with E-state index in [1.54, 1.807) is 7.11 Å². The third kappa shape index (κ3) is 6.65. The molecule has 1 saturated heterocycles. The lowest BCUT2D eigenvalue weighted by Gasteiger charge is -2.31. The van der Waals surface area contributed by atoms with Crippen LogP contribution >= 0.6 is 0 Å². The molecule has 1 unspecified atom stereocenters. The number of benzene rings is 2. The van der Waals surface area contributed by atoms with Crippen LogP contribution in [0.5, 0.6) is 5.75 Å². The Hall–Kier alpha value is -2.89. The van der Waals surface area contributed by atoms with Gasteiger partial charge in [-0.2, -0.15) is 0 Å². The molecule has 0 spiro atoms. The summed E-state index contributed by atoms with van der Waals surface area (Å²) in [6.45, 7) is 3.88. The third-order valence-electron chi connectivity index (χ3n) is 7.99. The zero-order valence-electron chi connectivity index (χ0n) is 21.6. The molecule has 1 saturated carbocycles. The number of amides is 2. The first-order valence-corrected chi connectivity index (χ1v) is 13.4. The van der Waals surface area contributed by atoms with E-state index >= 15 is 0 Å². The fourth-order valence-electron chi connectivity index (χ4n) is 5.53. The van der Waals surface area contributed by atoms with Crippen molar-refractivity contribution < 1.29 is 18.7 Å². The minimum Gasteiger partial charge on any atom is -0.497 e. The molecule has 0 radical (unpaired) electrons. The quantitative estimate of drug-likeness (QED) is 0.385. The van der Waals surface area contributed by atoms with Crippen LogP contribution in [0.3, 0.4) is 0 Å². The number of ether oxygens (including phenoxy) is 1. The summed E-state index contributed by atoms with van der Waals surface area (Å²) in [5, 5.41) is 2.94. The predicted octanol–water partition coefficient (Wildman–Crippen LogP) is 6.09. The van der Waals surface area contributed by atoms with E-state index in [0.29, 0.717) is 23.3 Å². The molecule has 2 amide bonds. The highest BCUT2D eigenvalue weighted by Gasteiger charge is 2.49. The molecule has 0 aromatic heterocycles. The SMILES string of the molecule is COc1ccc([C@@H]2CC2(C)CCCCC[C@H](NC(=O)c2ccc(F)cc2)C(=O)N2CCCCC2)cc1. The van der Waals surface area contributed by atoms with Crippen LogP contribution in [0, 0.1) is 11.2 Å². The van der Waals surface area contributed by atoms with Gasteiger partial charge >= 0.3 is 0 Å². The van der Waals surface area contributed by atoms with Crippen LogP contribution in [0.4, 0.5) is 4.39 Å². The Morgan fingerprint density at radius 3 is 2.39 bits per heavy atom. The number of halogens is 1. The summed E-state index contributed by atoms with van der Waals surface area (Å²) in [4.78, 5) is 27.9. The fourth-order valence-corrected chi connectivity index (χ4v) is 5.53. The van der Waals surface area contributed by atoms with Gasteiger partial charge in [-0.1, -0.05) is 38.3 Å². The number of hydrogen-bond donors (Lipinski definition) is 1. The van der Waals surface area contributed by atoms with Gasteiger partial charge in [-0.25, -0.2) is 4.39 Å². The number of piperidine rings is 1. The van der Waals surface area contributed by atoms with Gasteiger partial charge in [0, 0.05) is 18.7 Å². The summed E-state index contributed by atoms with van der Waals surface area (Å²) in [7, 11) is 1.69. The number of unbranched alkanes of at least 4 members (excludes halogenated alkanes) is 2. The lowest BCUT2D eigenvalue weighted by Crippen LogP contribution is -2.50. The molecular formula is C30H39FN2O3. The van der Waals surface area contributed by atoms with Gasteiger partial charge in [-0.05, 0) is 91.8 Å². The van der Waals surface area contributed by atoms with Gasteiger partial charge in [0.2, 0.25) is 5.91 Å². The van der Waals surface area contributed by atoms with Crippen molar-refractivity contribution in [2.75, 3.05) is 20.2 Å². The lowest BCUT2D eigenvalue weighted by atomic mass is 9.94. The van der Waals surface area contributed by atoms with Crippen LogP contribution in [-0.4, -0.2) is 43.0 Å². The normalized spacial score (nSPS) is 22.1.